The molecule has 6 nitrogen and oxygen atoms in total. The molecule has 3 aliphatic rings. The number of hydrogen-bond donors (Lipinski definition) is 0. The van der Waals surface area contributed by atoms with Gasteiger partial charge in [-0.25, -0.2) is 9.97 Å². The predicted molar refractivity (Wildman–Crippen MR) is 97.1 cm³/mol. The fourth-order valence-corrected chi connectivity index (χ4v) is 4.68. The van der Waals surface area contributed by atoms with E-state index in [1.54, 1.807) is 4.90 Å². The summed E-state index contributed by atoms with van der Waals surface area (Å²) in [6, 6.07) is 9.83. The average molecular weight is 363 g/mol. The number of esters is 1. The van der Waals surface area contributed by atoms with Crippen molar-refractivity contribution in [2.24, 2.45) is 5.92 Å². The van der Waals surface area contributed by atoms with E-state index < -0.39 is 5.60 Å². The number of fused-ring (bicyclic) bond motifs is 1. The Morgan fingerprint density at radius 2 is 1.93 bits per heavy atom. The summed E-state index contributed by atoms with van der Waals surface area (Å²) in [4.78, 5) is 36.1. The van der Waals surface area contributed by atoms with E-state index in [4.69, 9.17) is 4.74 Å². The second kappa shape index (κ2) is 6.15. The zero-order chi connectivity index (χ0) is 18.4. The predicted octanol–water partition coefficient (Wildman–Crippen LogP) is 2.86. The number of carbonyl (C=O) groups excluding carboxylic acids is 2. The lowest BCUT2D eigenvalue weighted by atomic mass is 9.84. The van der Waals surface area contributed by atoms with Gasteiger partial charge in [0.05, 0.1) is 24.6 Å². The Hall–Kier alpha value is -2.76. The van der Waals surface area contributed by atoms with Crippen LogP contribution >= 0.6 is 0 Å². The van der Waals surface area contributed by atoms with Crippen molar-refractivity contribution in [2.45, 2.75) is 50.8 Å². The molecule has 6 heteroatoms. The van der Waals surface area contributed by atoms with Gasteiger partial charge in [-0.1, -0.05) is 30.3 Å². The summed E-state index contributed by atoms with van der Waals surface area (Å²) in [6.45, 7) is 0.974. The van der Waals surface area contributed by atoms with E-state index in [2.05, 4.69) is 9.97 Å². The van der Waals surface area contributed by atoms with E-state index >= 15 is 0 Å². The summed E-state index contributed by atoms with van der Waals surface area (Å²) in [7, 11) is 0. The third-order valence-corrected chi connectivity index (χ3v) is 6.07. The third kappa shape index (κ3) is 2.71. The van der Waals surface area contributed by atoms with Crippen LogP contribution in [-0.4, -0.2) is 32.3 Å². The molecule has 0 bridgehead atoms. The van der Waals surface area contributed by atoms with Crippen molar-refractivity contribution in [1.29, 1.82) is 0 Å². The number of hydrogen-bond acceptors (Lipinski definition) is 5. The van der Waals surface area contributed by atoms with E-state index in [1.807, 2.05) is 36.5 Å². The maximum absolute atomic E-state index is 13.2. The van der Waals surface area contributed by atoms with Gasteiger partial charge < -0.3 is 9.64 Å². The lowest BCUT2D eigenvalue weighted by molar-refractivity contribution is -0.151. The Kier molecular flexibility index (Phi) is 3.74. The molecule has 2 fully saturated rings. The molecule has 2 aromatic rings. The first kappa shape index (κ1) is 16.4. The minimum Gasteiger partial charge on any atom is -0.458 e. The first-order valence-electron chi connectivity index (χ1n) is 9.55. The number of nitrogens with zero attached hydrogens (tertiary/aromatic N) is 3. The molecule has 27 heavy (non-hydrogen) atoms. The van der Waals surface area contributed by atoms with Crippen molar-refractivity contribution in [1.82, 2.24) is 14.9 Å². The Morgan fingerprint density at radius 1 is 1.15 bits per heavy atom. The van der Waals surface area contributed by atoms with Gasteiger partial charge in [-0.05, 0) is 25.7 Å². The summed E-state index contributed by atoms with van der Waals surface area (Å²) >= 11 is 0. The molecule has 1 amide bonds. The molecule has 1 saturated heterocycles. The van der Waals surface area contributed by atoms with E-state index in [9.17, 15) is 9.59 Å². The summed E-state index contributed by atoms with van der Waals surface area (Å²) in [6.07, 6.45) is 5.65. The Labute approximate surface area is 157 Å². The van der Waals surface area contributed by atoms with Crippen LogP contribution < -0.4 is 0 Å². The highest BCUT2D eigenvalue weighted by Gasteiger charge is 2.55. The number of carbonyl (C=O) groups is 2. The standard InChI is InChI=1S/C21H21N3O3/c25-18-10-16(21(27-18)8-4-5-9-21)20(26)24-12-15-11-22-19(23-17(15)13-24)14-6-2-1-3-7-14/h1-3,6-7,11,16H,4-5,8-10,12-13H2. The van der Waals surface area contributed by atoms with E-state index in [1.165, 1.54) is 0 Å². The monoisotopic (exact) mass is 363 g/mol. The van der Waals surface area contributed by atoms with Crippen molar-refractivity contribution in [3.63, 3.8) is 0 Å². The van der Waals surface area contributed by atoms with Gasteiger partial charge in [0.25, 0.3) is 0 Å². The number of aromatic nitrogens is 2. The van der Waals surface area contributed by atoms with Gasteiger partial charge in [0.1, 0.15) is 5.60 Å². The van der Waals surface area contributed by atoms with Crippen molar-refractivity contribution < 1.29 is 14.3 Å². The molecule has 5 rings (SSSR count). The molecule has 3 heterocycles. The van der Waals surface area contributed by atoms with Crippen molar-refractivity contribution >= 4 is 11.9 Å². The Morgan fingerprint density at radius 3 is 2.70 bits per heavy atom. The zero-order valence-electron chi connectivity index (χ0n) is 15.1. The molecule has 1 aliphatic carbocycles. The summed E-state index contributed by atoms with van der Waals surface area (Å²) in [5.41, 5.74) is 2.27. The topological polar surface area (TPSA) is 72.4 Å². The van der Waals surface area contributed by atoms with Crippen LogP contribution in [-0.2, 0) is 27.4 Å². The minimum atomic E-state index is -0.566. The van der Waals surface area contributed by atoms with Crippen LogP contribution in [0.15, 0.2) is 36.5 Å². The smallest absolute Gasteiger partial charge is 0.307 e. The first-order valence-corrected chi connectivity index (χ1v) is 9.55. The number of rotatable bonds is 2. The summed E-state index contributed by atoms with van der Waals surface area (Å²) in [5, 5.41) is 0. The van der Waals surface area contributed by atoms with E-state index in [0.29, 0.717) is 18.9 Å². The molecule has 138 valence electrons. The molecule has 1 aromatic heterocycles. The molecule has 1 aromatic carbocycles. The molecule has 1 spiro atoms. The van der Waals surface area contributed by atoms with Crippen LogP contribution in [0, 0.1) is 5.92 Å². The van der Waals surface area contributed by atoms with Gasteiger partial charge in [0.15, 0.2) is 5.82 Å². The Balaban J connectivity index is 1.38. The van der Waals surface area contributed by atoms with Gasteiger partial charge in [-0.15, -0.1) is 0 Å². The van der Waals surface area contributed by atoms with Gasteiger partial charge >= 0.3 is 5.97 Å². The van der Waals surface area contributed by atoms with Gasteiger partial charge in [-0.3, -0.25) is 9.59 Å². The van der Waals surface area contributed by atoms with Crippen molar-refractivity contribution in [3.05, 3.63) is 47.8 Å². The normalized spacial score (nSPS) is 22.9. The molecule has 0 N–H and O–H groups in total. The maximum Gasteiger partial charge on any atom is 0.307 e. The molecular formula is C21H21N3O3. The highest BCUT2D eigenvalue weighted by Crippen LogP contribution is 2.46. The maximum atomic E-state index is 13.2. The fraction of sp³-hybridized carbons (Fsp3) is 0.429. The van der Waals surface area contributed by atoms with Gasteiger partial charge in [0, 0.05) is 23.9 Å². The quantitative estimate of drug-likeness (QED) is 0.767. The highest BCUT2D eigenvalue weighted by molar-refractivity contribution is 5.88. The lowest BCUT2D eigenvalue weighted by Crippen LogP contribution is -2.43. The van der Waals surface area contributed by atoms with Crippen LogP contribution in [0.4, 0.5) is 0 Å². The Bertz CT molecular complexity index is 906. The van der Waals surface area contributed by atoms with E-state index in [0.717, 1.165) is 42.5 Å². The molecule has 1 saturated carbocycles. The first-order chi connectivity index (χ1) is 13.1. The zero-order valence-corrected chi connectivity index (χ0v) is 15.1. The van der Waals surface area contributed by atoms with E-state index in [-0.39, 0.29) is 24.2 Å². The van der Waals surface area contributed by atoms with Gasteiger partial charge in [0.2, 0.25) is 5.91 Å². The van der Waals surface area contributed by atoms with Crippen LogP contribution in [0.1, 0.15) is 43.4 Å². The average Bonchev–Trinajstić information content (AvgIpc) is 3.40. The second-order valence-corrected chi connectivity index (χ2v) is 7.73. The molecule has 0 radical (unpaired) electrons. The van der Waals surface area contributed by atoms with Crippen LogP contribution in [0.25, 0.3) is 11.4 Å². The highest BCUT2D eigenvalue weighted by atomic mass is 16.6. The number of ether oxygens (including phenoxy) is 1. The summed E-state index contributed by atoms with van der Waals surface area (Å²) in [5.74, 6) is 0.0961. The third-order valence-electron chi connectivity index (χ3n) is 6.07. The molecule has 1 atom stereocenters. The van der Waals surface area contributed by atoms with Crippen LogP contribution in [0.2, 0.25) is 0 Å². The van der Waals surface area contributed by atoms with Crippen molar-refractivity contribution in [2.75, 3.05) is 0 Å². The molecule has 2 aliphatic heterocycles. The lowest BCUT2D eigenvalue weighted by Gasteiger charge is -2.30. The van der Waals surface area contributed by atoms with Crippen LogP contribution in [0.5, 0.6) is 0 Å². The number of amides is 1. The largest absolute Gasteiger partial charge is 0.458 e. The van der Waals surface area contributed by atoms with Crippen LogP contribution in [0.3, 0.4) is 0 Å². The SMILES string of the molecule is O=C1CC(C(=O)N2Cc3cnc(-c4ccccc4)nc3C2)C2(CCCC2)O1. The fourth-order valence-electron chi connectivity index (χ4n) is 4.68. The minimum absolute atomic E-state index is 0.0158. The second-order valence-electron chi connectivity index (χ2n) is 7.73. The van der Waals surface area contributed by atoms with Gasteiger partial charge in [-0.2, -0.15) is 0 Å². The van der Waals surface area contributed by atoms with Crippen molar-refractivity contribution in [3.8, 4) is 11.4 Å². The number of benzene rings is 1. The summed E-state index contributed by atoms with van der Waals surface area (Å²) < 4.78 is 5.64. The molecular weight excluding hydrogens is 342 g/mol. The molecule has 1 unspecified atom stereocenters.